The Kier molecular flexibility index (Phi) is 13.3. The van der Waals surface area contributed by atoms with Crippen molar-refractivity contribution in [3.8, 4) is 0 Å². The van der Waals surface area contributed by atoms with Crippen LogP contribution < -0.4 is 5.32 Å². The topological polar surface area (TPSA) is 63.2 Å². The minimum absolute atomic E-state index is 0.170. The molecule has 0 aliphatic carbocycles. The lowest BCUT2D eigenvalue weighted by Crippen LogP contribution is -2.38. The third-order valence-electron chi connectivity index (χ3n) is 3.45. The van der Waals surface area contributed by atoms with Gasteiger partial charge in [0.1, 0.15) is 5.71 Å². The third kappa shape index (κ3) is 10.1. The number of rotatable bonds is 14. The highest BCUT2D eigenvalue weighted by Crippen LogP contribution is 2.06. The summed E-state index contributed by atoms with van der Waals surface area (Å²) in [5.41, 5.74) is 0.414. The zero-order valence-electron chi connectivity index (χ0n) is 15.1. The first-order valence-corrected chi connectivity index (χ1v) is 8.45. The first-order valence-electron chi connectivity index (χ1n) is 8.45. The number of carbonyl (C=O) groups is 1. The fourth-order valence-electron chi connectivity index (χ4n) is 2.02. The summed E-state index contributed by atoms with van der Waals surface area (Å²) in [7, 11) is 1.68. The zero-order valence-corrected chi connectivity index (χ0v) is 15.1. The molecule has 0 spiro atoms. The summed E-state index contributed by atoms with van der Waals surface area (Å²) < 4.78 is 5.15. The second-order valence-electron chi connectivity index (χ2n) is 5.27. The molecule has 1 N–H and O–H groups in total. The number of hydrogen-bond acceptors (Lipinski definition) is 5. The van der Waals surface area contributed by atoms with E-state index in [-0.39, 0.29) is 12.1 Å². The lowest BCUT2D eigenvalue weighted by atomic mass is 10.2. The Morgan fingerprint density at radius 2 is 2.09 bits per heavy atom. The van der Waals surface area contributed by atoms with Crippen molar-refractivity contribution in [1.29, 1.82) is 0 Å². The van der Waals surface area contributed by atoms with Gasteiger partial charge in [-0.15, -0.1) is 6.58 Å². The van der Waals surface area contributed by atoms with Crippen molar-refractivity contribution in [1.82, 2.24) is 10.2 Å². The van der Waals surface area contributed by atoms with E-state index >= 15 is 0 Å². The third-order valence-corrected chi connectivity index (χ3v) is 3.45. The number of nitrogens with one attached hydrogen (secondary N) is 1. The summed E-state index contributed by atoms with van der Waals surface area (Å²) in [5.74, 6) is -0.170. The van der Waals surface area contributed by atoms with Gasteiger partial charge in [0.2, 0.25) is 0 Å². The molecule has 0 heterocycles. The van der Waals surface area contributed by atoms with Crippen LogP contribution in [0.5, 0.6) is 0 Å². The highest BCUT2D eigenvalue weighted by molar-refractivity contribution is 6.38. The van der Waals surface area contributed by atoms with Gasteiger partial charge >= 0.3 is 0 Å². The number of nitrogens with zero attached hydrogens (tertiary/aromatic N) is 2. The summed E-state index contributed by atoms with van der Waals surface area (Å²) >= 11 is 0. The van der Waals surface area contributed by atoms with E-state index in [1.807, 2.05) is 26.8 Å². The zero-order chi connectivity index (χ0) is 17.5. The van der Waals surface area contributed by atoms with Crippen LogP contribution in [0.3, 0.4) is 0 Å². The van der Waals surface area contributed by atoms with E-state index in [1.165, 1.54) is 0 Å². The standard InChI is InChI=1S/C17H33N3O3/c1-6-9-10-11-12-20(13-14-22-5)15(4)23-19-16(7-2)17(21)18-8-3/h6,15H,1,7-14H2,2-5H3,(H,18,21)/b19-16+. The number of ether oxygens (including phenoxy) is 1. The Morgan fingerprint density at radius 3 is 2.65 bits per heavy atom. The molecule has 0 aromatic heterocycles. The molecule has 0 aliphatic rings. The van der Waals surface area contributed by atoms with Gasteiger partial charge in [0, 0.05) is 26.7 Å². The monoisotopic (exact) mass is 327 g/mol. The molecule has 134 valence electrons. The smallest absolute Gasteiger partial charge is 0.269 e. The van der Waals surface area contributed by atoms with Crippen molar-refractivity contribution in [2.75, 3.05) is 33.4 Å². The Bertz CT molecular complexity index is 359. The molecule has 23 heavy (non-hydrogen) atoms. The lowest BCUT2D eigenvalue weighted by Gasteiger charge is -2.27. The summed E-state index contributed by atoms with van der Waals surface area (Å²) in [5, 5.41) is 6.78. The maximum atomic E-state index is 11.8. The van der Waals surface area contributed by atoms with E-state index in [0.717, 1.165) is 32.4 Å². The molecule has 1 unspecified atom stereocenters. The first-order chi connectivity index (χ1) is 11.1. The van der Waals surface area contributed by atoms with E-state index in [1.54, 1.807) is 7.11 Å². The summed E-state index contributed by atoms with van der Waals surface area (Å²) in [6.45, 7) is 12.3. The number of unbranched alkanes of at least 4 members (excludes halogenated alkanes) is 2. The maximum absolute atomic E-state index is 11.8. The van der Waals surface area contributed by atoms with Crippen LogP contribution in [-0.2, 0) is 14.4 Å². The van der Waals surface area contributed by atoms with Crippen LogP contribution in [0.4, 0.5) is 0 Å². The molecule has 6 nitrogen and oxygen atoms in total. The van der Waals surface area contributed by atoms with Crippen molar-refractivity contribution < 1.29 is 14.4 Å². The quantitative estimate of drug-likeness (QED) is 0.175. The number of allylic oxidation sites excluding steroid dienone is 1. The van der Waals surface area contributed by atoms with E-state index in [0.29, 0.717) is 25.3 Å². The fraction of sp³-hybridized carbons (Fsp3) is 0.765. The molecule has 0 fully saturated rings. The molecule has 0 aromatic carbocycles. The average molecular weight is 327 g/mol. The Labute approximate surface area is 140 Å². The highest BCUT2D eigenvalue weighted by Gasteiger charge is 2.16. The molecule has 0 aliphatic heterocycles. The Morgan fingerprint density at radius 1 is 1.35 bits per heavy atom. The van der Waals surface area contributed by atoms with Gasteiger partial charge < -0.3 is 14.9 Å². The molecule has 0 saturated heterocycles. The summed E-state index contributed by atoms with van der Waals surface area (Å²) in [6, 6.07) is 0. The van der Waals surface area contributed by atoms with E-state index in [4.69, 9.17) is 9.57 Å². The van der Waals surface area contributed by atoms with E-state index in [2.05, 4.69) is 22.0 Å². The maximum Gasteiger partial charge on any atom is 0.269 e. The molecule has 0 bridgehead atoms. The van der Waals surface area contributed by atoms with Crippen LogP contribution in [0.25, 0.3) is 0 Å². The van der Waals surface area contributed by atoms with Crippen LogP contribution in [0.15, 0.2) is 17.8 Å². The lowest BCUT2D eigenvalue weighted by molar-refractivity contribution is -0.115. The van der Waals surface area contributed by atoms with Crippen LogP contribution in [0, 0.1) is 0 Å². The Balaban J connectivity index is 4.56. The van der Waals surface area contributed by atoms with Gasteiger partial charge in [-0.2, -0.15) is 0 Å². The number of hydrogen-bond donors (Lipinski definition) is 1. The second kappa shape index (κ2) is 14.2. The van der Waals surface area contributed by atoms with Gasteiger partial charge in [-0.05, 0) is 39.5 Å². The fourth-order valence-corrected chi connectivity index (χ4v) is 2.02. The molecule has 1 amide bonds. The molecular weight excluding hydrogens is 294 g/mol. The molecule has 6 heteroatoms. The molecule has 1 atom stereocenters. The molecule has 0 rings (SSSR count). The molecule has 0 radical (unpaired) electrons. The van der Waals surface area contributed by atoms with E-state index in [9.17, 15) is 4.79 Å². The van der Waals surface area contributed by atoms with Crippen LogP contribution in [-0.4, -0.2) is 56.1 Å². The van der Waals surface area contributed by atoms with Crippen LogP contribution in [0.1, 0.15) is 46.5 Å². The van der Waals surface area contributed by atoms with Crippen molar-refractivity contribution in [2.45, 2.75) is 52.7 Å². The van der Waals surface area contributed by atoms with Gasteiger partial charge in [0.05, 0.1) is 6.61 Å². The second-order valence-corrected chi connectivity index (χ2v) is 5.27. The van der Waals surface area contributed by atoms with Gasteiger partial charge in [-0.3, -0.25) is 9.69 Å². The van der Waals surface area contributed by atoms with Gasteiger partial charge in [0.15, 0.2) is 6.23 Å². The number of carbonyl (C=O) groups excluding carboxylic acids is 1. The SMILES string of the molecule is C=CCCCCN(CCOC)C(C)O/N=C(\CC)C(=O)NCC. The molecular formula is C17H33N3O3. The summed E-state index contributed by atoms with van der Waals surface area (Å²) in [4.78, 5) is 19.5. The molecule has 0 saturated carbocycles. The van der Waals surface area contributed by atoms with Gasteiger partial charge in [0.25, 0.3) is 5.91 Å². The summed E-state index contributed by atoms with van der Waals surface area (Å²) in [6.07, 6.45) is 5.44. The van der Waals surface area contributed by atoms with Crippen molar-refractivity contribution >= 4 is 11.6 Å². The van der Waals surface area contributed by atoms with Crippen molar-refractivity contribution in [3.63, 3.8) is 0 Å². The van der Waals surface area contributed by atoms with Crippen LogP contribution in [0.2, 0.25) is 0 Å². The highest BCUT2D eigenvalue weighted by atomic mass is 16.6. The largest absolute Gasteiger partial charge is 0.383 e. The predicted octanol–water partition coefficient (Wildman–Crippen LogP) is 2.56. The minimum Gasteiger partial charge on any atom is -0.383 e. The van der Waals surface area contributed by atoms with Gasteiger partial charge in [-0.1, -0.05) is 18.2 Å². The average Bonchev–Trinajstić information content (AvgIpc) is 2.54. The van der Waals surface area contributed by atoms with Crippen molar-refractivity contribution in [3.05, 3.63) is 12.7 Å². The molecule has 0 aromatic rings. The number of amides is 1. The van der Waals surface area contributed by atoms with Crippen LogP contribution >= 0.6 is 0 Å². The van der Waals surface area contributed by atoms with E-state index < -0.39 is 0 Å². The van der Waals surface area contributed by atoms with Crippen molar-refractivity contribution in [2.24, 2.45) is 5.16 Å². The normalized spacial score (nSPS) is 13.0. The number of methoxy groups -OCH3 is 1. The predicted molar refractivity (Wildman–Crippen MR) is 94.5 cm³/mol. The first kappa shape index (κ1) is 21.6. The number of oxime groups is 1. The minimum atomic E-state index is -0.204. The Hall–Kier alpha value is -1.40. The van der Waals surface area contributed by atoms with Gasteiger partial charge in [-0.25, -0.2) is 0 Å².